The third-order valence-electron chi connectivity index (χ3n) is 5.20. The first-order valence-electron chi connectivity index (χ1n) is 11.2. The van der Waals surface area contributed by atoms with E-state index in [0.717, 1.165) is 12.1 Å². The Morgan fingerprint density at radius 3 is 2.37 bits per heavy atom. The Kier molecular flexibility index (Phi) is 7.73. The first-order chi connectivity index (χ1) is 16.1. The third kappa shape index (κ3) is 6.86. The van der Waals surface area contributed by atoms with Gasteiger partial charge in [0.05, 0.1) is 34.7 Å². The van der Waals surface area contributed by atoms with E-state index in [1.807, 2.05) is 6.26 Å². The maximum Gasteiger partial charge on any atom is 0.412 e. The summed E-state index contributed by atoms with van der Waals surface area (Å²) in [6, 6.07) is 6.22. The van der Waals surface area contributed by atoms with Crippen molar-refractivity contribution in [3.05, 3.63) is 48.0 Å². The van der Waals surface area contributed by atoms with Gasteiger partial charge in [-0.2, -0.15) is 4.18 Å². The first-order valence-corrected chi connectivity index (χ1v) is 14.2. The van der Waals surface area contributed by atoms with Gasteiger partial charge in [0.1, 0.15) is 35.0 Å². The molecule has 0 saturated carbocycles. The molecule has 35 heavy (non-hydrogen) atoms. The van der Waals surface area contributed by atoms with Crippen LogP contribution in [-0.2, 0) is 36.5 Å². The molecule has 0 spiro atoms. The summed E-state index contributed by atoms with van der Waals surface area (Å²) in [6.45, 7) is 11.5. The van der Waals surface area contributed by atoms with Crippen LogP contribution in [0.5, 0.6) is 0 Å². The lowest BCUT2D eigenvalue weighted by molar-refractivity contribution is 0.0636. The average Bonchev–Trinajstić information content (AvgIpc) is 2.71. The van der Waals surface area contributed by atoms with Gasteiger partial charge in [-0.1, -0.05) is 0 Å². The number of carbonyl (C=O) groups excluding carboxylic acids is 1. The summed E-state index contributed by atoms with van der Waals surface area (Å²) in [7, 11) is -4.06. The molecule has 2 unspecified atom stereocenters. The fourth-order valence-electron chi connectivity index (χ4n) is 3.28. The van der Waals surface area contributed by atoms with E-state index in [0.29, 0.717) is 23.5 Å². The minimum atomic E-state index is -4.06. The monoisotopic (exact) mass is 526 g/mol. The summed E-state index contributed by atoms with van der Waals surface area (Å²) in [5.74, 6) is -0.532. The molecule has 0 radical (unpaired) electrons. The number of nitrogens with zero attached hydrogens (tertiary/aromatic N) is 2. The highest BCUT2D eigenvalue weighted by atomic mass is 32.2. The molecule has 2 atom stereocenters. The van der Waals surface area contributed by atoms with E-state index in [1.165, 1.54) is 22.6 Å². The topological polar surface area (TPSA) is 97.8 Å². The summed E-state index contributed by atoms with van der Waals surface area (Å²) in [4.78, 5) is 16.6. The fraction of sp³-hybridized carbons (Fsp3) is 0.500. The number of aromatic nitrogens is 1. The van der Waals surface area contributed by atoms with E-state index in [9.17, 15) is 17.6 Å². The third-order valence-corrected chi connectivity index (χ3v) is 9.28. The zero-order valence-corrected chi connectivity index (χ0v) is 22.7. The molecule has 1 aromatic carbocycles. The molecule has 0 fully saturated rings. The number of ether oxygens (including phenoxy) is 1. The summed E-state index contributed by atoms with van der Waals surface area (Å²) >= 11 is -0.445. The van der Waals surface area contributed by atoms with Gasteiger partial charge in [0.15, 0.2) is 4.75 Å². The van der Waals surface area contributed by atoms with Crippen LogP contribution in [-0.4, -0.2) is 48.7 Å². The molecular formula is C24H33FN3O5S2+. The van der Waals surface area contributed by atoms with E-state index >= 15 is 0 Å². The highest BCUT2D eigenvalue weighted by Crippen LogP contribution is 2.35. The van der Waals surface area contributed by atoms with E-state index in [4.69, 9.17) is 8.92 Å². The second kappa shape index (κ2) is 9.94. The maximum absolute atomic E-state index is 13.6. The number of nitrogens with one attached hydrogen (secondary N) is 1. The molecule has 1 amide bonds. The van der Waals surface area contributed by atoms with Crippen molar-refractivity contribution in [2.45, 2.75) is 69.3 Å². The number of amides is 1. The molecule has 8 nitrogen and oxygen atoms in total. The van der Waals surface area contributed by atoms with Gasteiger partial charge < -0.3 is 4.74 Å². The Balaban J connectivity index is 1.99. The van der Waals surface area contributed by atoms with Crippen molar-refractivity contribution in [1.82, 2.24) is 4.98 Å². The van der Waals surface area contributed by atoms with Gasteiger partial charge in [-0.15, -0.1) is 0 Å². The second-order valence-electron chi connectivity index (χ2n) is 10.3. The number of sulfonamides is 1. The minimum absolute atomic E-state index is 0.0533. The van der Waals surface area contributed by atoms with Crippen LogP contribution in [0.1, 0.15) is 47.2 Å². The van der Waals surface area contributed by atoms with Crippen molar-refractivity contribution in [3.63, 3.8) is 0 Å². The molecule has 11 heteroatoms. The van der Waals surface area contributed by atoms with Crippen LogP contribution in [0.3, 0.4) is 0 Å². The van der Waals surface area contributed by atoms with Gasteiger partial charge in [0.2, 0.25) is 0 Å². The van der Waals surface area contributed by atoms with Gasteiger partial charge >= 0.3 is 6.09 Å². The van der Waals surface area contributed by atoms with Crippen LogP contribution in [0.4, 0.5) is 20.6 Å². The van der Waals surface area contributed by atoms with Crippen LogP contribution in [0.25, 0.3) is 0 Å². The maximum atomic E-state index is 13.6. The van der Waals surface area contributed by atoms with Crippen molar-refractivity contribution in [3.8, 4) is 0 Å². The van der Waals surface area contributed by atoms with Crippen molar-refractivity contribution in [2.75, 3.05) is 22.4 Å². The van der Waals surface area contributed by atoms with Gasteiger partial charge in [0, 0.05) is 6.42 Å². The number of carbonyl (C=O) groups is 1. The van der Waals surface area contributed by atoms with Gasteiger partial charge in [-0.3, -0.25) is 14.6 Å². The Bertz CT molecular complexity index is 1180. The zero-order chi connectivity index (χ0) is 26.2. The molecule has 1 aliphatic rings. The molecular weight excluding hydrogens is 493 g/mol. The predicted octanol–water partition coefficient (Wildman–Crippen LogP) is 4.67. The molecule has 0 aliphatic carbocycles. The van der Waals surface area contributed by atoms with E-state index in [2.05, 4.69) is 31.1 Å². The normalized spacial score (nSPS) is 17.5. The first kappa shape index (κ1) is 27.2. The number of benzene rings is 1. The number of pyridine rings is 1. The van der Waals surface area contributed by atoms with Gasteiger partial charge in [-0.05, 0) is 71.9 Å². The number of hydrogen-bond donors (Lipinski definition) is 1. The Hall–Kier alpha value is -2.37. The summed E-state index contributed by atoms with van der Waals surface area (Å²) in [6.07, 6.45) is 2.75. The van der Waals surface area contributed by atoms with Crippen LogP contribution < -0.4 is 9.62 Å². The molecule has 2 aromatic rings. The molecule has 1 aliphatic heterocycles. The second-order valence-corrected chi connectivity index (χ2v) is 14.5. The van der Waals surface area contributed by atoms with Gasteiger partial charge in [-0.25, -0.2) is 17.6 Å². The Labute approximate surface area is 209 Å². The van der Waals surface area contributed by atoms with E-state index < -0.39 is 44.8 Å². The highest BCUT2D eigenvalue weighted by Gasteiger charge is 2.41. The smallest absolute Gasteiger partial charge is 0.412 e. The standard InChI is InChI=1S/C24H32FN3O5S2/c1-23(2,3)32-22(29)27-17-12-21-20(26-14-17)13-18(33-34(7)24(4,5)6)15-28(21)35(30,31)19-10-8-16(25)9-11-19/h8-12,14,18H,13,15H2,1-7H3/p+1. The van der Waals surface area contributed by atoms with Crippen LogP contribution in [0.2, 0.25) is 0 Å². The number of hydrogen-bond acceptors (Lipinski definition) is 6. The molecule has 3 rings (SSSR count). The largest absolute Gasteiger partial charge is 0.444 e. The Morgan fingerprint density at radius 1 is 1.17 bits per heavy atom. The Morgan fingerprint density at radius 2 is 1.80 bits per heavy atom. The SMILES string of the molecule is C[S+](OC1Cc2ncc(NC(=O)OC(C)(C)C)cc2N(S(=O)(=O)c2ccc(F)cc2)C1)C(C)(C)C. The van der Waals surface area contributed by atoms with Crippen LogP contribution in [0.15, 0.2) is 41.4 Å². The molecule has 1 N–H and O–H groups in total. The lowest BCUT2D eigenvalue weighted by atomic mass is 10.1. The lowest BCUT2D eigenvalue weighted by Crippen LogP contribution is -2.46. The summed E-state index contributed by atoms with van der Waals surface area (Å²) in [5.41, 5.74) is 0.447. The number of fused-ring (bicyclic) bond motifs is 1. The van der Waals surface area contributed by atoms with E-state index in [1.54, 1.807) is 26.8 Å². The molecule has 0 saturated heterocycles. The number of halogens is 1. The quantitative estimate of drug-likeness (QED) is 0.569. The molecule has 192 valence electrons. The van der Waals surface area contributed by atoms with Crippen LogP contribution in [0, 0.1) is 5.82 Å². The minimum Gasteiger partial charge on any atom is -0.444 e. The van der Waals surface area contributed by atoms with Crippen molar-refractivity contribution < 1.29 is 26.5 Å². The zero-order valence-electron chi connectivity index (χ0n) is 21.1. The van der Waals surface area contributed by atoms with Gasteiger partial charge in [0.25, 0.3) is 10.0 Å². The molecule has 2 heterocycles. The summed E-state index contributed by atoms with van der Waals surface area (Å²) in [5, 5.41) is 2.61. The van der Waals surface area contributed by atoms with Crippen molar-refractivity contribution >= 4 is 38.7 Å². The van der Waals surface area contributed by atoms with Crippen molar-refractivity contribution in [2.24, 2.45) is 0 Å². The lowest BCUT2D eigenvalue weighted by Gasteiger charge is -2.34. The molecule has 0 bridgehead atoms. The molecule has 1 aromatic heterocycles. The average molecular weight is 527 g/mol. The van der Waals surface area contributed by atoms with Crippen molar-refractivity contribution in [1.29, 1.82) is 0 Å². The fourth-order valence-corrected chi connectivity index (χ4v) is 5.62. The van der Waals surface area contributed by atoms with Crippen LogP contribution >= 0.6 is 0 Å². The number of anilines is 2. The van der Waals surface area contributed by atoms with E-state index in [-0.39, 0.29) is 16.2 Å². The number of rotatable bonds is 5. The predicted molar refractivity (Wildman–Crippen MR) is 137 cm³/mol. The highest BCUT2D eigenvalue weighted by molar-refractivity contribution is 7.93. The summed E-state index contributed by atoms with van der Waals surface area (Å²) < 4.78 is 53.4.